The fourth-order valence-corrected chi connectivity index (χ4v) is 2.66. The second-order valence-electron chi connectivity index (χ2n) is 4.54. The van der Waals surface area contributed by atoms with Crippen molar-refractivity contribution in [3.8, 4) is 5.75 Å². The van der Waals surface area contributed by atoms with Crippen molar-refractivity contribution < 1.29 is 4.74 Å². The van der Waals surface area contributed by atoms with E-state index in [1.165, 1.54) is 11.5 Å². The molecule has 5 nitrogen and oxygen atoms in total. The molecule has 19 heavy (non-hydrogen) atoms. The summed E-state index contributed by atoms with van der Waals surface area (Å²) in [5.74, 6) is 1.04. The van der Waals surface area contributed by atoms with Crippen LogP contribution in [0.5, 0.6) is 5.75 Å². The first kappa shape index (κ1) is 13.9. The molecule has 0 bridgehead atoms. The van der Waals surface area contributed by atoms with Gasteiger partial charge in [-0.1, -0.05) is 18.3 Å². The molecule has 0 spiro atoms. The predicted molar refractivity (Wildman–Crippen MR) is 75.4 cm³/mol. The average molecular weight is 278 g/mol. The van der Waals surface area contributed by atoms with Gasteiger partial charge in [-0.15, -0.1) is 5.10 Å². The van der Waals surface area contributed by atoms with Crippen LogP contribution in [-0.2, 0) is 0 Å². The van der Waals surface area contributed by atoms with E-state index >= 15 is 0 Å². The number of hydrogen-bond donors (Lipinski definition) is 1. The van der Waals surface area contributed by atoms with Gasteiger partial charge >= 0.3 is 0 Å². The van der Waals surface area contributed by atoms with Gasteiger partial charge in [-0.3, -0.25) is 4.98 Å². The van der Waals surface area contributed by atoms with Gasteiger partial charge in [-0.2, -0.15) is 0 Å². The molecule has 1 unspecified atom stereocenters. The third-order valence-electron chi connectivity index (χ3n) is 2.77. The molecule has 0 saturated carbocycles. The lowest BCUT2D eigenvalue weighted by Crippen LogP contribution is -2.13. The van der Waals surface area contributed by atoms with Crippen LogP contribution < -0.4 is 10.5 Å². The van der Waals surface area contributed by atoms with Crippen molar-refractivity contribution in [3.63, 3.8) is 0 Å². The summed E-state index contributed by atoms with van der Waals surface area (Å²) < 4.78 is 9.45. The average Bonchev–Trinajstić information content (AvgIpc) is 2.88. The molecule has 0 aromatic carbocycles. The van der Waals surface area contributed by atoms with Gasteiger partial charge in [0.15, 0.2) is 0 Å². The molecule has 0 radical (unpaired) electrons. The highest BCUT2D eigenvalue weighted by molar-refractivity contribution is 7.05. The predicted octanol–water partition coefficient (Wildman–Crippen LogP) is 2.50. The molecule has 2 N–H and O–H groups in total. The fourth-order valence-electron chi connectivity index (χ4n) is 1.82. The van der Waals surface area contributed by atoms with E-state index in [0.717, 1.165) is 21.9 Å². The quantitative estimate of drug-likeness (QED) is 0.909. The number of aromatic nitrogens is 3. The maximum Gasteiger partial charge on any atom is 0.137 e. The molecule has 0 saturated heterocycles. The number of nitrogens with two attached hydrogens (primary N) is 1. The van der Waals surface area contributed by atoms with Crippen LogP contribution in [0.15, 0.2) is 18.5 Å². The van der Waals surface area contributed by atoms with Crippen molar-refractivity contribution in [2.24, 2.45) is 5.73 Å². The Morgan fingerprint density at radius 3 is 2.84 bits per heavy atom. The summed E-state index contributed by atoms with van der Waals surface area (Å²) in [6, 6.07) is 1.66. The Bertz CT molecular complexity index is 541. The minimum Gasteiger partial charge on any atom is -0.492 e. The molecular formula is C13H18N4OS. The van der Waals surface area contributed by atoms with Gasteiger partial charge in [0.1, 0.15) is 5.75 Å². The van der Waals surface area contributed by atoms with Crippen LogP contribution in [0.3, 0.4) is 0 Å². The van der Waals surface area contributed by atoms with Crippen molar-refractivity contribution in [3.05, 3.63) is 34.6 Å². The van der Waals surface area contributed by atoms with Crippen molar-refractivity contribution in [1.82, 2.24) is 14.6 Å². The largest absolute Gasteiger partial charge is 0.492 e. The van der Waals surface area contributed by atoms with Crippen molar-refractivity contribution >= 4 is 11.5 Å². The monoisotopic (exact) mass is 278 g/mol. The van der Waals surface area contributed by atoms with E-state index in [9.17, 15) is 0 Å². The van der Waals surface area contributed by atoms with E-state index in [-0.39, 0.29) is 6.04 Å². The second kappa shape index (κ2) is 6.08. The number of hydrogen-bond acceptors (Lipinski definition) is 6. The Kier molecular flexibility index (Phi) is 4.44. The second-order valence-corrected chi connectivity index (χ2v) is 5.33. The van der Waals surface area contributed by atoms with Crippen molar-refractivity contribution in [2.45, 2.75) is 32.7 Å². The van der Waals surface area contributed by atoms with E-state index in [1.807, 2.05) is 13.0 Å². The first-order chi connectivity index (χ1) is 9.13. The highest BCUT2D eigenvalue weighted by Gasteiger charge is 2.20. The molecule has 0 fully saturated rings. The number of pyridine rings is 1. The van der Waals surface area contributed by atoms with Crippen LogP contribution in [0.25, 0.3) is 0 Å². The maximum atomic E-state index is 6.30. The van der Waals surface area contributed by atoms with Gasteiger partial charge < -0.3 is 10.5 Å². The SMILES string of the molecule is CCOc1cncc(C(N)c2snnc2C(C)C)c1. The maximum absolute atomic E-state index is 6.30. The zero-order chi connectivity index (χ0) is 13.8. The summed E-state index contributed by atoms with van der Waals surface area (Å²) in [6.45, 7) is 6.72. The topological polar surface area (TPSA) is 73.9 Å². The van der Waals surface area contributed by atoms with Gasteiger partial charge in [0.2, 0.25) is 0 Å². The minimum absolute atomic E-state index is 0.259. The van der Waals surface area contributed by atoms with Gasteiger partial charge in [-0.05, 0) is 36.0 Å². The number of rotatable bonds is 5. The number of nitrogens with zero attached hydrogens (tertiary/aromatic N) is 3. The molecule has 0 aliphatic rings. The summed E-state index contributed by atoms with van der Waals surface area (Å²) in [4.78, 5) is 5.16. The van der Waals surface area contributed by atoms with Crippen molar-refractivity contribution in [2.75, 3.05) is 6.61 Å². The van der Waals surface area contributed by atoms with E-state index in [1.54, 1.807) is 12.4 Å². The van der Waals surface area contributed by atoms with Gasteiger partial charge in [0, 0.05) is 6.20 Å². The number of ether oxygens (including phenoxy) is 1. The Morgan fingerprint density at radius 1 is 1.37 bits per heavy atom. The highest BCUT2D eigenvalue weighted by atomic mass is 32.1. The smallest absolute Gasteiger partial charge is 0.137 e. The molecule has 2 rings (SSSR count). The standard InChI is InChI=1S/C13H18N4OS/c1-4-18-10-5-9(6-15-7-10)11(14)13-12(8(2)3)16-17-19-13/h5-8,11H,4,14H2,1-3H3. The van der Waals surface area contributed by atoms with Crippen LogP contribution in [-0.4, -0.2) is 21.2 Å². The molecule has 102 valence electrons. The summed E-state index contributed by atoms with van der Waals surface area (Å²) in [7, 11) is 0. The Balaban J connectivity index is 2.30. The first-order valence-corrected chi connectivity index (χ1v) is 7.06. The van der Waals surface area contributed by atoms with Crippen LogP contribution in [0, 0.1) is 0 Å². The molecule has 2 aromatic heterocycles. The summed E-state index contributed by atoms with van der Waals surface area (Å²) >= 11 is 1.35. The van der Waals surface area contributed by atoms with Gasteiger partial charge in [0.25, 0.3) is 0 Å². The van der Waals surface area contributed by atoms with Crippen LogP contribution >= 0.6 is 11.5 Å². The molecular weight excluding hydrogens is 260 g/mol. The Hall–Kier alpha value is -1.53. The molecule has 0 aliphatic heterocycles. The van der Waals surface area contributed by atoms with Gasteiger partial charge in [0.05, 0.1) is 29.4 Å². The third-order valence-corrected chi connectivity index (χ3v) is 3.60. The van der Waals surface area contributed by atoms with E-state index in [0.29, 0.717) is 12.5 Å². The first-order valence-electron chi connectivity index (χ1n) is 6.29. The van der Waals surface area contributed by atoms with E-state index in [2.05, 4.69) is 28.4 Å². The van der Waals surface area contributed by atoms with Crippen LogP contribution in [0.4, 0.5) is 0 Å². The van der Waals surface area contributed by atoms with Gasteiger partial charge in [-0.25, -0.2) is 0 Å². The molecule has 1 atom stereocenters. The highest BCUT2D eigenvalue weighted by Crippen LogP contribution is 2.29. The zero-order valence-electron chi connectivity index (χ0n) is 11.3. The molecule has 0 aliphatic carbocycles. The lowest BCUT2D eigenvalue weighted by molar-refractivity contribution is 0.338. The minimum atomic E-state index is -0.259. The zero-order valence-corrected chi connectivity index (χ0v) is 12.1. The normalized spacial score (nSPS) is 12.7. The molecule has 0 amide bonds. The molecule has 2 aromatic rings. The lowest BCUT2D eigenvalue weighted by Gasteiger charge is -2.13. The third kappa shape index (κ3) is 3.08. The van der Waals surface area contributed by atoms with Crippen molar-refractivity contribution in [1.29, 1.82) is 0 Å². The molecule has 6 heteroatoms. The Labute approximate surface area is 117 Å². The lowest BCUT2D eigenvalue weighted by atomic mass is 10.0. The fraction of sp³-hybridized carbons (Fsp3) is 0.462. The summed E-state index contributed by atoms with van der Waals surface area (Å²) in [5.41, 5.74) is 8.17. The van der Waals surface area contributed by atoms with E-state index < -0.39 is 0 Å². The summed E-state index contributed by atoms with van der Waals surface area (Å²) in [6.07, 6.45) is 3.45. The van der Waals surface area contributed by atoms with Crippen LogP contribution in [0.1, 0.15) is 48.9 Å². The van der Waals surface area contributed by atoms with E-state index in [4.69, 9.17) is 10.5 Å². The Morgan fingerprint density at radius 2 is 2.16 bits per heavy atom. The summed E-state index contributed by atoms with van der Waals surface area (Å²) in [5, 5.41) is 4.16. The molecule has 2 heterocycles. The van der Waals surface area contributed by atoms with Crippen LogP contribution in [0.2, 0.25) is 0 Å².